The van der Waals surface area contributed by atoms with Crippen molar-refractivity contribution in [1.29, 1.82) is 0 Å². The van der Waals surface area contributed by atoms with Crippen LogP contribution in [0.1, 0.15) is 24.8 Å². The van der Waals surface area contributed by atoms with E-state index in [9.17, 15) is 4.79 Å². The average Bonchev–Trinajstić information content (AvgIpc) is 2.40. The molecule has 0 saturated carbocycles. The Kier molecular flexibility index (Phi) is 5.76. The summed E-state index contributed by atoms with van der Waals surface area (Å²) in [5.74, 6) is 4.13. The fourth-order valence-electron chi connectivity index (χ4n) is 2.44. The molecule has 1 aromatic carbocycles. The number of carbonyl (C=O) groups excluding carboxylic acids is 1. The normalized spacial score (nSPS) is 16.3. The van der Waals surface area contributed by atoms with Crippen LogP contribution in [-0.4, -0.2) is 24.4 Å². The maximum Gasteiger partial charge on any atom is 0.137 e. The molecule has 0 bridgehead atoms. The maximum absolute atomic E-state index is 12.2. The molecule has 0 aromatic heterocycles. The van der Waals surface area contributed by atoms with Crippen LogP contribution in [0.5, 0.6) is 5.75 Å². The quantitative estimate of drug-likeness (QED) is 0.805. The van der Waals surface area contributed by atoms with E-state index in [0.717, 1.165) is 22.2 Å². The zero-order chi connectivity index (χ0) is 13.7. The van der Waals surface area contributed by atoms with E-state index in [1.54, 1.807) is 7.11 Å². The lowest BCUT2D eigenvalue weighted by Gasteiger charge is -2.20. The van der Waals surface area contributed by atoms with Gasteiger partial charge in [0.05, 0.1) is 7.11 Å². The van der Waals surface area contributed by atoms with E-state index in [2.05, 4.69) is 15.9 Å². The number of carbonyl (C=O) groups is 1. The van der Waals surface area contributed by atoms with E-state index >= 15 is 0 Å². The minimum atomic E-state index is 0.327. The van der Waals surface area contributed by atoms with Crippen molar-refractivity contribution >= 4 is 33.5 Å². The Morgan fingerprint density at radius 3 is 2.84 bits per heavy atom. The van der Waals surface area contributed by atoms with Gasteiger partial charge in [-0.3, -0.25) is 4.79 Å². The summed E-state index contributed by atoms with van der Waals surface area (Å²) in [6, 6.07) is 5.82. The molecule has 0 radical (unpaired) electrons. The van der Waals surface area contributed by atoms with Crippen molar-refractivity contribution in [2.24, 2.45) is 5.92 Å². The first kappa shape index (κ1) is 14.9. The largest absolute Gasteiger partial charge is 0.496 e. The van der Waals surface area contributed by atoms with Crippen LogP contribution >= 0.6 is 27.7 Å². The molecule has 0 aliphatic carbocycles. The van der Waals surface area contributed by atoms with Crippen LogP contribution in [0.2, 0.25) is 0 Å². The molecule has 0 atom stereocenters. The fraction of sp³-hybridized carbons (Fsp3) is 0.533. The highest BCUT2D eigenvalue weighted by molar-refractivity contribution is 9.10. The summed E-state index contributed by atoms with van der Waals surface area (Å²) in [5, 5.41) is 0. The Hall–Kier alpha value is -0.480. The zero-order valence-corrected chi connectivity index (χ0v) is 13.6. The van der Waals surface area contributed by atoms with Gasteiger partial charge in [0, 0.05) is 22.9 Å². The smallest absolute Gasteiger partial charge is 0.137 e. The molecule has 1 heterocycles. The number of benzene rings is 1. The second-order valence-corrected chi connectivity index (χ2v) is 7.07. The predicted octanol–water partition coefficient (Wildman–Crippen LogP) is 4.10. The lowest BCUT2D eigenvalue weighted by molar-refractivity contribution is -0.119. The average molecular weight is 343 g/mol. The number of Topliss-reactive ketones (excluding diaryl/α,β-unsaturated/α-hetero) is 1. The van der Waals surface area contributed by atoms with Crippen LogP contribution in [0.4, 0.5) is 0 Å². The van der Waals surface area contributed by atoms with Gasteiger partial charge >= 0.3 is 0 Å². The predicted molar refractivity (Wildman–Crippen MR) is 84.1 cm³/mol. The standard InChI is InChI=1S/C15H19BrO2S/c1-18-15-3-2-13(16)9-12(15)10-14(17)8-11-4-6-19-7-5-11/h2-3,9,11H,4-8,10H2,1H3. The van der Waals surface area contributed by atoms with Gasteiger partial charge < -0.3 is 4.74 Å². The number of methoxy groups -OCH3 is 1. The molecule has 0 N–H and O–H groups in total. The molecule has 1 fully saturated rings. The summed E-state index contributed by atoms with van der Waals surface area (Å²) >= 11 is 5.44. The van der Waals surface area contributed by atoms with Crippen LogP contribution in [0.15, 0.2) is 22.7 Å². The number of ether oxygens (including phenoxy) is 1. The van der Waals surface area contributed by atoms with Gasteiger partial charge in [-0.2, -0.15) is 11.8 Å². The second-order valence-electron chi connectivity index (χ2n) is 4.93. The summed E-state index contributed by atoms with van der Waals surface area (Å²) in [6.45, 7) is 0. The Bertz CT molecular complexity index is 442. The molecule has 0 spiro atoms. The Morgan fingerprint density at radius 1 is 1.42 bits per heavy atom. The van der Waals surface area contributed by atoms with Crippen molar-refractivity contribution in [2.45, 2.75) is 25.7 Å². The molecule has 0 amide bonds. The minimum absolute atomic E-state index is 0.327. The van der Waals surface area contributed by atoms with E-state index in [-0.39, 0.29) is 0 Å². The first-order valence-corrected chi connectivity index (χ1v) is 8.55. The van der Waals surface area contributed by atoms with Crippen LogP contribution in [0.3, 0.4) is 0 Å². The van der Waals surface area contributed by atoms with Crippen molar-refractivity contribution < 1.29 is 9.53 Å². The molecule has 19 heavy (non-hydrogen) atoms. The topological polar surface area (TPSA) is 26.3 Å². The van der Waals surface area contributed by atoms with Crippen molar-refractivity contribution in [1.82, 2.24) is 0 Å². The molecule has 1 aliphatic heterocycles. The lowest BCUT2D eigenvalue weighted by atomic mass is 9.93. The van der Waals surface area contributed by atoms with Crippen molar-refractivity contribution in [3.8, 4) is 5.75 Å². The van der Waals surface area contributed by atoms with Gasteiger partial charge in [-0.15, -0.1) is 0 Å². The highest BCUT2D eigenvalue weighted by Gasteiger charge is 2.18. The van der Waals surface area contributed by atoms with Crippen LogP contribution in [-0.2, 0) is 11.2 Å². The van der Waals surface area contributed by atoms with Gasteiger partial charge in [-0.05, 0) is 48.5 Å². The summed E-state index contributed by atoms with van der Waals surface area (Å²) in [7, 11) is 1.65. The number of halogens is 1. The van der Waals surface area contributed by atoms with Crippen LogP contribution < -0.4 is 4.74 Å². The molecule has 2 rings (SSSR count). The number of thioether (sulfide) groups is 1. The van der Waals surface area contributed by atoms with Gasteiger partial charge in [-0.1, -0.05) is 15.9 Å². The van der Waals surface area contributed by atoms with E-state index < -0.39 is 0 Å². The van der Waals surface area contributed by atoms with Crippen molar-refractivity contribution in [3.63, 3.8) is 0 Å². The molecule has 1 aromatic rings. The van der Waals surface area contributed by atoms with Gasteiger partial charge in [0.2, 0.25) is 0 Å². The molecular formula is C15H19BrO2S. The van der Waals surface area contributed by atoms with E-state index in [1.807, 2.05) is 30.0 Å². The third-order valence-electron chi connectivity index (χ3n) is 3.49. The van der Waals surface area contributed by atoms with Crippen molar-refractivity contribution in [2.75, 3.05) is 18.6 Å². The highest BCUT2D eigenvalue weighted by atomic mass is 79.9. The zero-order valence-electron chi connectivity index (χ0n) is 11.2. The number of hydrogen-bond donors (Lipinski definition) is 0. The van der Waals surface area contributed by atoms with Gasteiger partial charge in [0.15, 0.2) is 0 Å². The molecule has 4 heteroatoms. The summed E-state index contributed by atoms with van der Waals surface area (Å²) in [4.78, 5) is 12.2. The molecule has 1 saturated heterocycles. The summed E-state index contributed by atoms with van der Waals surface area (Å²) in [5.41, 5.74) is 0.979. The monoisotopic (exact) mass is 342 g/mol. The SMILES string of the molecule is COc1ccc(Br)cc1CC(=O)CC1CCSCC1. The molecular weight excluding hydrogens is 324 g/mol. The third kappa shape index (κ3) is 4.53. The number of rotatable bonds is 5. The molecule has 2 nitrogen and oxygen atoms in total. The first-order valence-electron chi connectivity index (χ1n) is 6.61. The lowest BCUT2D eigenvalue weighted by Crippen LogP contribution is -2.15. The van der Waals surface area contributed by atoms with Crippen LogP contribution in [0.25, 0.3) is 0 Å². The van der Waals surface area contributed by atoms with Gasteiger partial charge in [0.1, 0.15) is 11.5 Å². The summed E-state index contributed by atoms with van der Waals surface area (Å²) in [6.07, 6.45) is 3.57. The molecule has 0 unspecified atom stereocenters. The van der Waals surface area contributed by atoms with Gasteiger partial charge in [-0.25, -0.2) is 0 Å². The van der Waals surface area contributed by atoms with Gasteiger partial charge in [0.25, 0.3) is 0 Å². The Balaban J connectivity index is 1.95. The fourth-order valence-corrected chi connectivity index (χ4v) is 4.06. The highest BCUT2D eigenvalue weighted by Crippen LogP contribution is 2.28. The third-order valence-corrected chi connectivity index (χ3v) is 5.03. The molecule has 1 aliphatic rings. The van der Waals surface area contributed by atoms with E-state index in [4.69, 9.17) is 4.74 Å². The first-order chi connectivity index (χ1) is 9.19. The number of hydrogen-bond acceptors (Lipinski definition) is 3. The van der Waals surface area contributed by atoms with Crippen LogP contribution in [0, 0.1) is 5.92 Å². The second kappa shape index (κ2) is 7.34. The van der Waals surface area contributed by atoms with E-state index in [0.29, 0.717) is 18.1 Å². The minimum Gasteiger partial charge on any atom is -0.496 e. The Morgan fingerprint density at radius 2 is 2.16 bits per heavy atom. The maximum atomic E-state index is 12.2. The summed E-state index contributed by atoms with van der Waals surface area (Å²) < 4.78 is 6.31. The van der Waals surface area contributed by atoms with E-state index in [1.165, 1.54) is 24.3 Å². The number of ketones is 1. The molecule has 104 valence electrons. The Labute approximate surface area is 127 Å². The van der Waals surface area contributed by atoms with Crippen molar-refractivity contribution in [3.05, 3.63) is 28.2 Å².